The number of benzene rings is 10. The number of rotatable bonds is 7. The topological polar surface area (TPSA) is 6.48 Å². The molecule has 296 valence electrons. The van der Waals surface area contributed by atoms with E-state index >= 15 is 0 Å². The van der Waals surface area contributed by atoms with Crippen molar-refractivity contribution in [1.82, 2.24) is 0 Å². The molecule has 1 heterocycles. The quantitative estimate of drug-likeness (QED) is 0.158. The van der Waals surface area contributed by atoms with E-state index in [1.54, 1.807) is 0 Å². The van der Waals surface area contributed by atoms with Gasteiger partial charge < -0.3 is 9.80 Å². The lowest BCUT2D eigenvalue weighted by Crippen LogP contribution is -2.36. The second kappa shape index (κ2) is 15.1. The summed E-state index contributed by atoms with van der Waals surface area (Å²) in [7, 11) is 0. The van der Waals surface area contributed by atoms with Crippen molar-refractivity contribution in [1.29, 1.82) is 0 Å². The number of fused-ring (bicyclic) bond motifs is 9. The van der Waals surface area contributed by atoms with E-state index in [-0.39, 0.29) is 0 Å². The monoisotopic (exact) mass is 802 g/mol. The largest absolute Gasteiger partial charge is 0.310 e. The molecule has 1 aliphatic carbocycles. The van der Waals surface area contributed by atoms with Crippen molar-refractivity contribution in [3.8, 4) is 44.5 Å². The SMILES string of the molecule is c1ccc(-c2ccc(N(c3ccc(-c4cccc(-c5ccccc5)c4)cc3)c3ccc4c(c3)C3(c5ccccc5-4)c4ccccc4N(c4ccccc4)c4ccccc43)cc2)cc1. The van der Waals surface area contributed by atoms with Crippen molar-refractivity contribution in [2.75, 3.05) is 9.80 Å². The molecule has 12 rings (SSSR count). The second-order valence-electron chi connectivity index (χ2n) is 16.5. The van der Waals surface area contributed by atoms with E-state index in [0.29, 0.717) is 0 Å². The average Bonchev–Trinajstić information content (AvgIpc) is 3.65. The van der Waals surface area contributed by atoms with Crippen LogP contribution in [0.4, 0.5) is 34.1 Å². The van der Waals surface area contributed by atoms with Crippen molar-refractivity contribution in [3.63, 3.8) is 0 Å². The van der Waals surface area contributed by atoms with E-state index in [4.69, 9.17) is 0 Å². The van der Waals surface area contributed by atoms with Crippen molar-refractivity contribution < 1.29 is 0 Å². The summed E-state index contributed by atoms with van der Waals surface area (Å²) in [6.07, 6.45) is 0. The minimum Gasteiger partial charge on any atom is -0.310 e. The molecule has 0 unspecified atom stereocenters. The maximum atomic E-state index is 2.48. The van der Waals surface area contributed by atoms with Gasteiger partial charge >= 0.3 is 0 Å². The molecule has 0 N–H and O–H groups in total. The predicted molar refractivity (Wildman–Crippen MR) is 263 cm³/mol. The van der Waals surface area contributed by atoms with Crippen LogP contribution in [-0.2, 0) is 5.41 Å². The van der Waals surface area contributed by atoms with Crippen LogP contribution < -0.4 is 9.80 Å². The number of anilines is 6. The Bertz CT molecular complexity index is 3220. The molecule has 0 fully saturated rings. The molecule has 10 aromatic carbocycles. The molecule has 10 aromatic rings. The summed E-state index contributed by atoms with van der Waals surface area (Å²) in [6, 6.07) is 93.2. The zero-order valence-corrected chi connectivity index (χ0v) is 34.6. The maximum Gasteiger partial charge on any atom is 0.0755 e. The standard InChI is InChI=1S/C61H42N2/c1-4-17-43(18-5-1)45-31-35-50(36-32-45)62(51-37-33-46(34-38-51)48-22-16-21-47(41-48)44-19-6-2-7-20-44)52-39-40-54-53-25-10-11-26-55(53)61(58(54)42-52)56-27-12-14-29-59(56)63(49-23-8-3-9-24-49)60-30-15-13-28-57(60)61/h1-42H. The van der Waals surface area contributed by atoms with E-state index in [9.17, 15) is 0 Å². The molecule has 0 bridgehead atoms. The third-order valence-corrected chi connectivity index (χ3v) is 13.1. The molecule has 0 atom stereocenters. The molecule has 1 aliphatic heterocycles. The van der Waals surface area contributed by atoms with E-state index in [1.165, 1.54) is 78.1 Å². The van der Waals surface area contributed by atoms with Crippen LogP contribution in [0.25, 0.3) is 44.5 Å². The van der Waals surface area contributed by atoms with Gasteiger partial charge in [-0.3, -0.25) is 0 Å². The minimum atomic E-state index is -0.559. The average molecular weight is 803 g/mol. The number of para-hydroxylation sites is 3. The molecule has 63 heavy (non-hydrogen) atoms. The molecule has 2 heteroatoms. The highest BCUT2D eigenvalue weighted by atomic mass is 15.2. The molecule has 0 aromatic heterocycles. The molecular formula is C61H42N2. The number of hydrogen-bond donors (Lipinski definition) is 0. The van der Waals surface area contributed by atoms with Gasteiger partial charge in [-0.05, 0) is 133 Å². The highest BCUT2D eigenvalue weighted by molar-refractivity contribution is 5.97. The molecule has 1 spiro atoms. The van der Waals surface area contributed by atoms with Gasteiger partial charge in [0, 0.05) is 22.7 Å². The zero-order chi connectivity index (χ0) is 41.7. The smallest absolute Gasteiger partial charge is 0.0755 e. The Hall–Kier alpha value is -8.20. The van der Waals surface area contributed by atoms with Gasteiger partial charge in [0.05, 0.1) is 16.8 Å². The van der Waals surface area contributed by atoms with Crippen molar-refractivity contribution in [2.45, 2.75) is 5.41 Å². The van der Waals surface area contributed by atoms with E-state index in [1.807, 2.05) is 0 Å². The van der Waals surface area contributed by atoms with Crippen LogP contribution in [0.5, 0.6) is 0 Å². The summed E-state index contributed by atoms with van der Waals surface area (Å²) in [4.78, 5) is 4.87. The normalized spacial score (nSPS) is 12.9. The first kappa shape index (κ1) is 36.6. The van der Waals surface area contributed by atoms with E-state index in [2.05, 4.69) is 265 Å². The Balaban J connectivity index is 1.05. The molecule has 2 aliphatic rings. The fourth-order valence-corrected chi connectivity index (χ4v) is 10.3. The van der Waals surface area contributed by atoms with Crippen LogP contribution in [0, 0.1) is 0 Å². The fraction of sp³-hybridized carbons (Fsp3) is 0.0164. The highest BCUT2D eigenvalue weighted by Crippen LogP contribution is 2.64. The number of nitrogens with zero attached hydrogens (tertiary/aromatic N) is 2. The summed E-state index contributed by atoms with van der Waals surface area (Å²) in [5, 5.41) is 0. The van der Waals surface area contributed by atoms with Gasteiger partial charge in [-0.2, -0.15) is 0 Å². The summed E-state index contributed by atoms with van der Waals surface area (Å²) in [6.45, 7) is 0. The molecule has 2 nitrogen and oxygen atoms in total. The number of hydrogen-bond acceptors (Lipinski definition) is 2. The van der Waals surface area contributed by atoms with Crippen molar-refractivity contribution in [3.05, 3.63) is 277 Å². The van der Waals surface area contributed by atoms with Crippen LogP contribution >= 0.6 is 0 Å². The lowest BCUT2D eigenvalue weighted by molar-refractivity contribution is 0.752. The first-order valence-electron chi connectivity index (χ1n) is 21.8. The fourth-order valence-electron chi connectivity index (χ4n) is 10.3. The van der Waals surface area contributed by atoms with E-state index < -0.39 is 5.41 Å². The second-order valence-corrected chi connectivity index (χ2v) is 16.5. The summed E-state index contributed by atoms with van der Waals surface area (Å²) >= 11 is 0. The van der Waals surface area contributed by atoms with Gasteiger partial charge in [0.15, 0.2) is 0 Å². The van der Waals surface area contributed by atoms with Crippen LogP contribution in [0.2, 0.25) is 0 Å². The minimum absolute atomic E-state index is 0.559. The Morgan fingerprint density at radius 1 is 0.270 bits per heavy atom. The third kappa shape index (κ3) is 5.95. The van der Waals surface area contributed by atoms with Gasteiger partial charge in [-0.1, -0.05) is 188 Å². The van der Waals surface area contributed by atoms with Gasteiger partial charge in [-0.15, -0.1) is 0 Å². The van der Waals surface area contributed by atoms with Gasteiger partial charge in [0.1, 0.15) is 0 Å². The third-order valence-electron chi connectivity index (χ3n) is 13.1. The van der Waals surface area contributed by atoms with Gasteiger partial charge in [0.25, 0.3) is 0 Å². The lowest BCUT2D eigenvalue weighted by Gasteiger charge is -2.45. The van der Waals surface area contributed by atoms with Crippen LogP contribution in [0.3, 0.4) is 0 Å². The Morgan fingerprint density at radius 3 is 1.27 bits per heavy atom. The Kier molecular flexibility index (Phi) is 8.76. The highest BCUT2D eigenvalue weighted by Gasteiger charge is 2.51. The van der Waals surface area contributed by atoms with Crippen LogP contribution in [0.15, 0.2) is 255 Å². The molecule has 0 saturated heterocycles. The zero-order valence-electron chi connectivity index (χ0n) is 34.6. The Morgan fingerprint density at radius 2 is 0.683 bits per heavy atom. The molecule has 0 amide bonds. The lowest BCUT2D eigenvalue weighted by atomic mass is 9.64. The summed E-state index contributed by atoms with van der Waals surface area (Å²) in [5.41, 5.74) is 21.1. The summed E-state index contributed by atoms with van der Waals surface area (Å²) in [5.74, 6) is 0. The van der Waals surface area contributed by atoms with Gasteiger partial charge in [-0.25, -0.2) is 0 Å². The van der Waals surface area contributed by atoms with Gasteiger partial charge in [0.2, 0.25) is 0 Å². The van der Waals surface area contributed by atoms with Crippen molar-refractivity contribution in [2.24, 2.45) is 0 Å². The van der Waals surface area contributed by atoms with Crippen LogP contribution in [-0.4, -0.2) is 0 Å². The van der Waals surface area contributed by atoms with Crippen LogP contribution in [0.1, 0.15) is 22.3 Å². The predicted octanol–water partition coefficient (Wildman–Crippen LogP) is 16.3. The first-order chi connectivity index (χ1) is 31.3. The molecular weight excluding hydrogens is 761 g/mol. The van der Waals surface area contributed by atoms with Crippen molar-refractivity contribution >= 4 is 34.1 Å². The molecule has 0 saturated carbocycles. The van der Waals surface area contributed by atoms with E-state index in [0.717, 1.165) is 22.7 Å². The Labute approximate surface area is 369 Å². The maximum absolute atomic E-state index is 2.48. The first-order valence-corrected chi connectivity index (χ1v) is 21.8. The molecule has 0 radical (unpaired) electrons. The summed E-state index contributed by atoms with van der Waals surface area (Å²) < 4.78 is 0.